The highest BCUT2D eigenvalue weighted by molar-refractivity contribution is 7.99. The van der Waals surface area contributed by atoms with E-state index in [9.17, 15) is 4.79 Å². The highest BCUT2D eigenvalue weighted by Gasteiger charge is 2.25. The maximum Gasteiger partial charge on any atom is 0.265 e. The summed E-state index contributed by atoms with van der Waals surface area (Å²) in [6.07, 6.45) is 0. The van der Waals surface area contributed by atoms with Gasteiger partial charge in [-0.1, -0.05) is 5.21 Å². The van der Waals surface area contributed by atoms with Crippen molar-refractivity contribution in [2.45, 2.75) is 13.8 Å². The van der Waals surface area contributed by atoms with Crippen molar-refractivity contribution in [1.29, 1.82) is 0 Å². The SMILES string of the molecule is COc1ccc(-n2nnc(-c3nc(C)c(C(=O)N4CCSCC4)s3)c2C)cc1. The van der Waals surface area contributed by atoms with Crippen LogP contribution in [-0.2, 0) is 0 Å². The molecule has 1 aliphatic heterocycles. The number of methoxy groups -OCH3 is 1. The van der Waals surface area contributed by atoms with Crippen molar-refractivity contribution in [2.75, 3.05) is 31.7 Å². The van der Waals surface area contributed by atoms with Crippen LogP contribution in [0.25, 0.3) is 16.4 Å². The molecule has 0 atom stereocenters. The maximum absolute atomic E-state index is 12.9. The van der Waals surface area contributed by atoms with Crippen LogP contribution in [0.3, 0.4) is 0 Å². The second kappa shape index (κ2) is 7.92. The van der Waals surface area contributed by atoms with E-state index in [0.29, 0.717) is 10.6 Å². The molecule has 0 aliphatic carbocycles. The first-order valence-electron chi connectivity index (χ1n) is 9.00. The molecule has 4 rings (SSSR count). The lowest BCUT2D eigenvalue weighted by atomic mass is 10.3. The Labute approximate surface area is 171 Å². The van der Waals surface area contributed by atoms with Crippen molar-refractivity contribution < 1.29 is 9.53 Å². The van der Waals surface area contributed by atoms with Gasteiger partial charge >= 0.3 is 0 Å². The van der Waals surface area contributed by atoms with Crippen LogP contribution in [-0.4, -0.2) is 62.5 Å². The van der Waals surface area contributed by atoms with Gasteiger partial charge in [-0.2, -0.15) is 11.8 Å². The number of thiazole rings is 1. The van der Waals surface area contributed by atoms with E-state index in [2.05, 4.69) is 15.3 Å². The summed E-state index contributed by atoms with van der Waals surface area (Å²) in [5, 5.41) is 9.34. The molecule has 0 saturated carbocycles. The van der Waals surface area contributed by atoms with E-state index in [1.807, 2.05) is 54.8 Å². The number of nitrogens with zero attached hydrogens (tertiary/aromatic N) is 5. The molecule has 0 spiro atoms. The van der Waals surface area contributed by atoms with E-state index < -0.39 is 0 Å². The van der Waals surface area contributed by atoms with Gasteiger partial charge < -0.3 is 9.64 Å². The summed E-state index contributed by atoms with van der Waals surface area (Å²) in [6.45, 7) is 5.43. The summed E-state index contributed by atoms with van der Waals surface area (Å²) in [5.41, 5.74) is 3.23. The molecule has 0 N–H and O–H groups in total. The zero-order valence-electron chi connectivity index (χ0n) is 16.0. The molecule has 0 radical (unpaired) electrons. The number of thioether (sulfide) groups is 1. The Morgan fingerprint density at radius 3 is 2.54 bits per heavy atom. The van der Waals surface area contributed by atoms with Crippen molar-refractivity contribution in [3.05, 3.63) is 40.5 Å². The van der Waals surface area contributed by atoms with Gasteiger partial charge in [0.15, 0.2) is 0 Å². The van der Waals surface area contributed by atoms with Gasteiger partial charge in [0.05, 0.1) is 24.2 Å². The molecule has 9 heteroatoms. The van der Waals surface area contributed by atoms with E-state index in [1.54, 1.807) is 11.8 Å². The van der Waals surface area contributed by atoms with Crippen LogP contribution in [0.4, 0.5) is 0 Å². The molecule has 1 aromatic carbocycles. The van der Waals surface area contributed by atoms with E-state index in [0.717, 1.165) is 52.4 Å². The molecule has 0 unspecified atom stereocenters. The van der Waals surface area contributed by atoms with Crippen LogP contribution in [0.5, 0.6) is 5.75 Å². The molecule has 1 amide bonds. The first-order chi connectivity index (χ1) is 13.6. The summed E-state index contributed by atoms with van der Waals surface area (Å²) in [5.74, 6) is 2.84. The average molecular weight is 416 g/mol. The summed E-state index contributed by atoms with van der Waals surface area (Å²) >= 11 is 3.29. The molecule has 146 valence electrons. The summed E-state index contributed by atoms with van der Waals surface area (Å²) in [6, 6.07) is 7.64. The lowest BCUT2D eigenvalue weighted by Crippen LogP contribution is -2.37. The fourth-order valence-corrected chi connectivity index (χ4v) is 5.08. The van der Waals surface area contributed by atoms with Crippen LogP contribution in [0, 0.1) is 13.8 Å². The summed E-state index contributed by atoms with van der Waals surface area (Å²) < 4.78 is 6.98. The lowest BCUT2D eigenvalue weighted by Gasteiger charge is -2.25. The number of aryl methyl sites for hydroxylation is 1. The van der Waals surface area contributed by atoms with E-state index >= 15 is 0 Å². The van der Waals surface area contributed by atoms with Crippen LogP contribution in [0.1, 0.15) is 21.1 Å². The van der Waals surface area contributed by atoms with Crippen LogP contribution >= 0.6 is 23.1 Å². The highest BCUT2D eigenvalue weighted by atomic mass is 32.2. The highest BCUT2D eigenvalue weighted by Crippen LogP contribution is 2.31. The predicted octanol–water partition coefficient (Wildman–Crippen LogP) is 3.21. The Bertz CT molecular complexity index is 990. The van der Waals surface area contributed by atoms with Gasteiger partial charge in [-0.05, 0) is 38.1 Å². The fraction of sp³-hybridized carbons (Fsp3) is 0.368. The minimum absolute atomic E-state index is 0.0711. The molecule has 7 nitrogen and oxygen atoms in total. The minimum Gasteiger partial charge on any atom is -0.497 e. The summed E-state index contributed by atoms with van der Waals surface area (Å²) in [4.78, 5) is 20.1. The molecule has 3 heterocycles. The number of carbonyl (C=O) groups is 1. The van der Waals surface area contributed by atoms with Crippen molar-refractivity contribution in [3.63, 3.8) is 0 Å². The molecule has 1 aliphatic rings. The molecular weight excluding hydrogens is 394 g/mol. The van der Waals surface area contributed by atoms with Crippen LogP contribution in [0.2, 0.25) is 0 Å². The quantitative estimate of drug-likeness (QED) is 0.652. The number of amides is 1. The van der Waals surface area contributed by atoms with E-state index in [4.69, 9.17) is 4.74 Å². The van der Waals surface area contributed by atoms with Crippen molar-refractivity contribution in [3.8, 4) is 22.1 Å². The van der Waals surface area contributed by atoms with Gasteiger partial charge in [-0.3, -0.25) is 4.79 Å². The Hall–Kier alpha value is -2.39. The number of rotatable bonds is 4. The van der Waals surface area contributed by atoms with Gasteiger partial charge in [0.25, 0.3) is 5.91 Å². The van der Waals surface area contributed by atoms with Crippen molar-refractivity contribution in [2.24, 2.45) is 0 Å². The number of carbonyl (C=O) groups excluding carboxylic acids is 1. The number of aromatic nitrogens is 4. The number of benzene rings is 1. The van der Waals surface area contributed by atoms with Crippen LogP contribution < -0.4 is 4.74 Å². The van der Waals surface area contributed by atoms with Crippen molar-refractivity contribution >= 4 is 29.0 Å². The van der Waals surface area contributed by atoms with E-state index in [-0.39, 0.29) is 5.91 Å². The molecule has 1 fully saturated rings. The van der Waals surface area contributed by atoms with Crippen LogP contribution in [0.15, 0.2) is 24.3 Å². The second-order valence-electron chi connectivity index (χ2n) is 6.47. The van der Waals surface area contributed by atoms with Gasteiger partial charge in [0.2, 0.25) is 0 Å². The fourth-order valence-electron chi connectivity index (χ4n) is 3.10. The third-order valence-corrected chi connectivity index (χ3v) is 6.80. The first kappa shape index (κ1) is 18.9. The topological polar surface area (TPSA) is 73.1 Å². The molecule has 1 saturated heterocycles. The number of ether oxygens (including phenoxy) is 1. The zero-order valence-corrected chi connectivity index (χ0v) is 17.6. The largest absolute Gasteiger partial charge is 0.497 e. The van der Waals surface area contributed by atoms with Crippen molar-refractivity contribution in [1.82, 2.24) is 24.9 Å². The normalized spacial score (nSPS) is 14.3. The van der Waals surface area contributed by atoms with Gasteiger partial charge in [-0.25, -0.2) is 9.67 Å². The third kappa shape index (κ3) is 3.51. The van der Waals surface area contributed by atoms with Gasteiger partial charge in [-0.15, -0.1) is 16.4 Å². The van der Waals surface area contributed by atoms with Gasteiger partial charge in [0, 0.05) is 24.6 Å². The second-order valence-corrected chi connectivity index (χ2v) is 8.70. The first-order valence-corrected chi connectivity index (χ1v) is 11.0. The standard InChI is InChI=1S/C19H21N5O2S2/c1-12-17(19(25)23-8-10-27-11-9-23)28-18(20-12)16-13(2)24(22-21-16)14-4-6-15(26-3)7-5-14/h4-7H,8-11H2,1-3H3. The molecule has 28 heavy (non-hydrogen) atoms. The predicted molar refractivity (Wildman–Crippen MR) is 112 cm³/mol. The average Bonchev–Trinajstić information content (AvgIpc) is 3.30. The smallest absolute Gasteiger partial charge is 0.265 e. The Kier molecular flexibility index (Phi) is 5.36. The molecular formula is C19H21N5O2S2. The Morgan fingerprint density at radius 1 is 1.14 bits per heavy atom. The summed E-state index contributed by atoms with van der Waals surface area (Å²) in [7, 11) is 1.64. The number of hydrogen-bond acceptors (Lipinski definition) is 7. The Balaban J connectivity index is 1.63. The zero-order chi connectivity index (χ0) is 19.7. The Morgan fingerprint density at radius 2 is 1.86 bits per heavy atom. The van der Waals surface area contributed by atoms with Gasteiger partial charge in [0.1, 0.15) is 21.3 Å². The molecule has 3 aromatic rings. The minimum atomic E-state index is 0.0711. The lowest BCUT2D eigenvalue weighted by molar-refractivity contribution is 0.0776. The molecule has 0 bridgehead atoms. The monoisotopic (exact) mass is 415 g/mol. The third-order valence-electron chi connectivity index (χ3n) is 4.70. The maximum atomic E-state index is 12.9. The molecule has 2 aromatic heterocycles. The van der Waals surface area contributed by atoms with E-state index in [1.165, 1.54) is 11.3 Å². The number of hydrogen-bond donors (Lipinski definition) is 0.